The Bertz CT molecular complexity index is 1020. The molecule has 2 aromatic carbocycles. The molecular weight excluding hydrogens is 302 g/mol. The summed E-state index contributed by atoms with van der Waals surface area (Å²) in [5.74, 6) is 0. The highest BCUT2D eigenvalue weighted by Gasteiger charge is 2.22. The van der Waals surface area contributed by atoms with Crippen LogP contribution in [0.5, 0.6) is 0 Å². The van der Waals surface area contributed by atoms with Gasteiger partial charge in [-0.15, -0.1) is 0 Å². The molecule has 0 aliphatic heterocycles. The van der Waals surface area contributed by atoms with Crippen molar-refractivity contribution in [3.63, 3.8) is 0 Å². The molecule has 0 unspecified atom stereocenters. The number of benzene rings is 2. The highest BCUT2D eigenvalue weighted by atomic mass is 14.9. The minimum atomic E-state index is 0.0720. The van der Waals surface area contributed by atoms with Crippen LogP contribution in [0.3, 0.4) is 0 Å². The normalized spacial score (nSPS) is 12.6. The number of fused-ring (bicyclic) bond motifs is 1. The van der Waals surface area contributed by atoms with Gasteiger partial charge in [-0.2, -0.15) is 4.57 Å². The van der Waals surface area contributed by atoms with Gasteiger partial charge < -0.3 is 0 Å². The van der Waals surface area contributed by atoms with Gasteiger partial charge in [-0.05, 0) is 60.4 Å². The molecule has 0 aliphatic rings. The van der Waals surface area contributed by atoms with Crippen molar-refractivity contribution in [1.82, 2.24) is 0 Å². The van der Waals surface area contributed by atoms with Crippen molar-refractivity contribution in [2.24, 2.45) is 7.05 Å². The molecule has 0 fully saturated rings. The van der Waals surface area contributed by atoms with Crippen LogP contribution in [-0.2, 0) is 12.5 Å². The molecule has 0 saturated carbocycles. The first-order valence-electron chi connectivity index (χ1n) is 9.54. The van der Waals surface area contributed by atoms with Crippen LogP contribution in [0.2, 0.25) is 0 Å². The van der Waals surface area contributed by atoms with E-state index in [9.17, 15) is 0 Å². The summed E-state index contributed by atoms with van der Waals surface area (Å²) in [4.78, 5) is 0. The Morgan fingerprint density at radius 1 is 0.960 bits per heavy atom. The molecule has 0 bridgehead atoms. The molecule has 3 aromatic rings. The summed E-state index contributed by atoms with van der Waals surface area (Å²) < 4.78 is 10.9. The van der Waals surface area contributed by atoms with E-state index in [1.165, 1.54) is 33.5 Å². The second-order valence-electron chi connectivity index (χ2n) is 8.38. The van der Waals surface area contributed by atoms with Crippen LogP contribution in [0.4, 0.5) is 0 Å². The quantitative estimate of drug-likeness (QED) is 0.491. The fraction of sp³-hybridized carbons (Fsp3) is 0.375. The number of rotatable bonds is 1. The molecule has 0 saturated heterocycles. The van der Waals surface area contributed by atoms with Crippen molar-refractivity contribution < 1.29 is 5.94 Å². The molecule has 0 spiro atoms. The minimum Gasteiger partial charge on any atom is -0.198 e. The van der Waals surface area contributed by atoms with Crippen LogP contribution in [0.1, 0.15) is 50.1 Å². The topological polar surface area (TPSA) is 3.88 Å². The lowest BCUT2D eigenvalue weighted by atomic mass is 9.85. The third-order valence-corrected chi connectivity index (χ3v) is 5.36. The lowest BCUT2D eigenvalue weighted by molar-refractivity contribution is -0.665. The van der Waals surface area contributed by atoms with Gasteiger partial charge in [0.2, 0.25) is 5.69 Å². The van der Waals surface area contributed by atoms with Crippen molar-refractivity contribution in [1.29, 1.82) is 0 Å². The Labute approximate surface area is 153 Å². The molecule has 0 aliphatic carbocycles. The third kappa shape index (κ3) is 3.08. The lowest BCUT2D eigenvalue weighted by Gasteiger charge is -2.20. The van der Waals surface area contributed by atoms with Crippen LogP contribution in [0.15, 0.2) is 36.4 Å². The first-order chi connectivity index (χ1) is 12.0. The molecule has 0 N–H and O–H groups in total. The predicted molar refractivity (Wildman–Crippen MR) is 108 cm³/mol. The zero-order valence-electron chi connectivity index (χ0n) is 17.8. The van der Waals surface area contributed by atoms with Crippen molar-refractivity contribution in [3.8, 4) is 11.3 Å². The van der Waals surface area contributed by atoms with Crippen molar-refractivity contribution in [3.05, 3.63) is 64.3 Å². The maximum atomic E-state index is 8.71. The Kier molecular flexibility index (Phi) is 3.91. The molecule has 1 heteroatoms. The molecule has 0 atom stereocenters. The number of nitrogens with zero attached hydrogens (tertiary/aromatic N) is 1. The fourth-order valence-electron chi connectivity index (χ4n) is 3.56. The zero-order valence-corrected chi connectivity index (χ0v) is 16.8. The molecule has 130 valence electrons. The fourth-order valence-corrected chi connectivity index (χ4v) is 3.56. The Morgan fingerprint density at radius 2 is 1.64 bits per heavy atom. The zero-order chi connectivity index (χ0) is 19.4. The van der Waals surface area contributed by atoms with Crippen LogP contribution >= 0.6 is 0 Å². The highest BCUT2D eigenvalue weighted by Crippen LogP contribution is 2.33. The van der Waals surface area contributed by atoms with E-state index >= 15 is 0 Å². The molecule has 3 rings (SSSR count). The monoisotopic (exact) mass is 333 g/mol. The van der Waals surface area contributed by atoms with E-state index in [4.69, 9.17) is 1.37 Å². The molecule has 1 aromatic heterocycles. The van der Waals surface area contributed by atoms with Gasteiger partial charge in [0.05, 0.1) is 12.3 Å². The van der Waals surface area contributed by atoms with E-state index in [1.807, 2.05) is 6.92 Å². The smallest absolute Gasteiger partial charge is 0.198 e. The van der Waals surface area contributed by atoms with Crippen LogP contribution in [0.25, 0.3) is 22.0 Å². The standard InChI is InChI=1S/C24H30N/c1-15-11-16(2)18(4)22(12-15)23-21-10-9-20(24(5,6)7)14-19(21)13-17(3)25(23)8/h9-14H,1-8H3/q+1/i13D. The summed E-state index contributed by atoms with van der Waals surface area (Å²) in [6, 6.07) is 11.8. The Morgan fingerprint density at radius 3 is 2.28 bits per heavy atom. The summed E-state index contributed by atoms with van der Waals surface area (Å²) >= 11 is 0. The maximum Gasteiger partial charge on any atom is 0.220 e. The number of aryl methyl sites for hydroxylation is 2. The number of hydrogen-bond acceptors (Lipinski definition) is 0. The maximum absolute atomic E-state index is 8.71. The molecule has 1 heterocycles. The van der Waals surface area contributed by atoms with Gasteiger partial charge in [0.15, 0.2) is 5.69 Å². The molecule has 0 radical (unpaired) electrons. The van der Waals surface area contributed by atoms with Gasteiger partial charge in [-0.1, -0.05) is 44.5 Å². The second kappa shape index (κ2) is 5.98. The summed E-state index contributed by atoms with van der Waals surface area (Å²) in [6.45, 7) is 15.3. The first kappa shape index (κ1) is 16.3. The van der Waals surface area contributed by atoms with Crippen LogP contribution in [-0.4, -0.2) is 0 Å². The van der Waals surface area contributed by atoms with Gasteiger partial charge >= 0.3 is 0 Å². The van der Waals surface area contributed by atoms with Crippen molar-refractivity contribution in [2.45, 2.75) is 53.9 Å². The van der Waals surface area contributed by atoms with Gasteiger partial charge in [-0.25, -0.2) is 0 Å². The lowest BCUT2D eigenvalue weighted by Crippen LogP contribution is -2.35. The van der Waals surface area contributed by atoms with Gasteiger partial charge in [0.25, 0.3) is 0 Å². The predicted octanol–water partition coefficient (Wildman–Crippen LogP) is 5.86. The van der Waals surface area contributed by atoms with E-state index in [1.54, 1.807) is 0 Å². The third-order valence-electron chi connectivity index (χ3n) is 5.36. The van der Waals surface area contributed by atoms with Gasteiger partial charge in [-0.3, -0.25) is 0 Å². The summed E-state index contributed by atoms with van der Waals surface area (Å²) in [7, 11) is 2.08. The first-order valence-corrected chi connectivity index (χ1v) is 9.04. The van der Waals surface area contributed by atoms with Crippen LogP contribution in [0, 0.1) is 27.7 Å². The van der Waals surface area contributed by atoms with Crippen LogP contribution < -0.4 is 4.57 Å². The van der Waals surface area contributed by atoms with E-state index in [2.05, 4.69) is 83.5 Å². The molecule has 25 heavy (non-hydrogen) atoms. The van der Waals surface area contributed by atoms with E-state index in [0.29, 0.717) is 6.04 Å². The Balaban J connectivity index is 2.47. The number of aromatic nitrogens is 1. The van der Waals surface area contributed by atoms with Gasteiger partial charge in [0.1, 0.15) is 7.05 Å². The number of hydrogen-bond donors (Lipinski definition) is 0. The number of pyridine rings is 1. The van der Waals surface area contributed by atoms with E-state index < -0.39 is 0 Å². The average Bonchev–Trinajstić information content (AvgIpc) is 2.56. The van der Waals surface area contributed by atoms with Crippen molar-refractivity contribution in [2.75, 3.05) is 0 Å². The largest absolute Gasteiger partial charge is 0.220 e. The highest BCUT2D eigenvalue weighted by molar-refractivity contribution is 5.94. The molecule has 1 nitrogen and oxygen atoms in total. The molecule has 0 amide bonds. The minimum absolute atomic E-state index is 0.0720. The summed E-state index contributed by atoms with van der Waals surface area (Å²) in [5, 5.41) is 2.20. The molecular formula is C24H30N+. The Hall–Kier alpha value is -2.15. The second-order valence-corrected chi connectivity index (χ2v) is 8.38. The SMILES string of the molecule is [2H]c1c(C)[n+](C)c(-c2cc(C)cc(C)c2C)c2ccc(C(C)(C)C)cc12. The van der Waals surface area contributed by atoms with E-state index in [0.717, 1.165) is 16.5 Å². The average molecular weight is 334 g/mol. The van der Waals surface area contributed by atoms with Crippen molar-refractivity contribution >= 4 is 10.8 Å². The van der Waals surface area contributed by atoms with E-state index in [-0.39, 0.29) is 5.41 Å². The summed E-state index contributed by atoms with van der Waals surface area (Å²) in [6.07, 6.45) is 0. The van der Waals surface area contributed by atoms with Gasteiger partial charge in [0, 0.05) is 13.0 Å². The summed E-state index contributed by atoms with van der Waals surface area (Å²) in [5.41, 5.74) is 8.71.